The van der Waals surface area contributed by atoms with Crippen LogP contribution in [0.5, 0.6) is 0 Å². The van der Waals surface area contributed by atoms with E-state index in [-0.39, 0.29) is 10.8 Å². The van der Waals surface area contributed by atoms with Gasteiger partial charge in [0.05, 0.1) is 11.5 Å². The summed E-state index contributed by atoms with van der Waals surface area (Å²) in [6.07, 6.45) is 6.07. The van der Waals surface area contributed by atoms with Gasteiger partial charge in [-0.05, 0) is 42.2 Å². The van der Waals surface area contributed by atoms with Gasteiger partial charge in [0.2, 0.25) is 0 Å². The van der Waals surface area contributed by atoms with Crippen LogP contribution in [0.4, 0.5) is 0 Å². The average Bonchev–Trinajstić information content (AvgIpc) is 2.46. The summed E-state index contributed by atoms with van der Waals surface area (Å²) < 4.78 is 0. The van der Waals surface area contributed by atoms with Gasteiger partial charge in [0, 0.05) is 19.1 Å². The number of hydrogen-bond donors (Lipinski definition) is 0. The molecule has 0 aromatic heterocycles. The minimum atomic E-state index is -0.267. The van der Waals surface area contributed by atoms with Crippen LogP contribution in [0, 0.1) is 11.3 Å². The van der Waals surface area contributed by atoms with Crippen molar-refractivity contribution >= 4 is 0 Å². The Morgan fingerprint density at radius 2 is 1.68 bits per heavy atom. The molecule has 1 aromatic rings. The topological polar surface area (TPSA) is 27.0 Å². The highest BCUT2D eigenvalue weighted by Gasteiger charge is 2.39. The molecule has 0 spiro atoms. The summed E-state index contributed by atoms with van der Waals surface area (Å²) in [5.41, 5.74) is 2.47. The lowest BCUT2D eigenvalue weighted by Gasteiger charge is -2.44. The molecule has 1 heterocycles. The Morgan fingerprint density at radius 1 is 1.09 bits per heavy atom. The lowest BCUT2D eigenvalue weighted by molar-refractivity contribution is 0.0854. The fourth-order valence-corrected chi connectivity index (χ4v) is 3.78. The summed E-state index contributed by atoms with van der Waals surface area (Å²) in [4.78, 5) is 2.61. The lowest BCUT2D eigenvalue weighted by Crippen LogP contribution is -2.48. The molecule has 2 nitrogen and oxygen atoms in total. The van der Waals surface area contributed by atoms with Gasteiger partial charge in [0.1, 0.15) is 0 Å². The van der Waals surface area contributed by atoms with Crippen LogP contribution in [0.15, 0.2) is 24.3 Å². The van der Waals surface area contributed by atoms with Crippen LogP contribution in [-0.4, -0.2) is 24.0 Å². The second-order valence-electron chi connectivity index (χ2n) is 8.14. The molecule has 0 radical (unpaired) electrons. The van der Waals surface area contributed by atoms with Crippen LogP contribution in [-0.2, 0) is 10.8 Å². The van der Waals surface area contributed by atoms with Crippen molar-refractivity contribution < 1.29 is 0 Å². The Bertz CT molecular complexity index is 547. The molecule has 22 heavy (non-hydrogen) atoms. The zero-order chi connectivity index (χ0) is 15.8. The first kappa shape index (κ1) is 15.6. The van der Waals surface area contributed by atoms with Crippen LogP contribution in [0.1, 0.15) is 64.0 Å². The number of benzene rings is 1. The van der Waals surface area contributed by atoms with E-state index in [1.165, 1.54) is 30.4 Å². The second-order valence-corrected chi connectivity index (χ2v) is 8.14. The van der Waals surface area contributed by atoms with Crippen molar-refractivity contribution in [3.63, 3.8) is 0 Å². The van der Waals surface area contributed by atoms with Gasteiger partial charge in [-0.15, -0.1) is 0 Å². The van der Waals surface area contributed by atoms with Gasteiger partial charge >= 0.3 is 0 Å². The quantitative estimate of drug-likeness (QED) is 0.809. The summed E-state index contributed by atoms with van der Waals surface area (Å²) in [5, 5.41) is 9.85. The van der Waals surface area contributed by atoms with E-state index in [1.54, 1.807) is 0 Å². The number of nitrogens with zero attached hydrogens (tertiary/aromatic N) is 2. The molecule has 0 bridgehead atoms. The summed E-state index contributed by atoms with van der Waals surface area (Å²) in [6, 6.07) is 12.3. The third-order valence-electron chi connectivity index (χ3n) is 5.76. The zero-order valence-corrected chi connectivity index (χ0v) is 14.2. The average molecular weight is 296 g/mol. The van der Waals surface area contributed by atoms with E-state index in [0.717, 1.165) is 32.0 Å². The molecule has 2 heteroatoms. The molecule has 1 aliphatic carbocycles. The first-order valence-corrected chi connectivity index (χ1v) is 8.71. The maximum atomic E-state index is 9.85. The smallest absolute Gasteiger partial charge is 0.0846 e. The number of hydrogen-bond acceptors (Lipinski definition) is 2. The molecule has 1 aliphatic heterocycles. The Labute approximate surface area is 135 Å². The Hall–Kier alpha value is -1.33. The second kappa shape index (κ2) is 5.70. The molecule has 0 N–H and O–H groups in total. The maximum absolute atomic E-state index is 9.85. The van der Waals surface area contributed by atoms with Gasteiger partial charge in [-0.2, -0.15) is 5.26 Å². The molecule has 1 aromatic carbocycles. The monoisotopic (exact) mass is 296 g/mol. The third-order valence-corrected chi connectivity index (χ3v) is 5.76. The molecule has 2 aliphatic rings. The van der Waals surface area contributed by atoms with Crippen LogP contribution in [0.2, 0.25) is 0 Å². The van der Waals surface area contributed by atoms with Crippen LogP contribution >= 0.6 is 0 Å². The van der Waals surface area contributed by atoms with Crippen LogP contribution in [0.3, 0.4) is 0 Å². The van der Waals surface area contributed by atoms with E-state index in [1.807, 2.05) is 0 Å². The first-order valence-electron chi connectivity index (χ1n) is 8.71. The molecule has 1 saturated carbocycles. The molecular formula is C20H28N2. The highest BCUT2D eigenvalue weighted by atomic mass is 15.2. The molecule has 0 amide bonds. The Balaban J connectivity index is 1.75. The van der Waals surface area contributed by atoms with Gasteiger partial charge in [0.15, 0.2) is 0 Å². The predicted molar refractivity (Wildman–Crippen MR) is 90.9 cm³/mol. The van der Waals surface area contributed by atoms with Gasteiger partial charge in [-0.25, -0.2) is 0 Å². The van der Waals surface area contributed by atoms with Crippen LogP contribution in [0.25, 0.3) is 0 Å². The first-order chi connectivity index (χ1) is 10.4. The van der Waals surface area contributed by atoms with Crippen molar-refractivity contribution in [2.45, 2.75) is 69.7 Å². The largest absolute Gasteiger partial charge is 0.300 e. The van der Waals surface area contributed by atoms with Crippen molar-refractivity contribution in [3.05, 3.63) is 35.4 Å². The number of rotatable bonds is 2. The van der Waals surface area contributed by atoms with Gasteiger partial charge in [-0.1, -0.05) is 51.5 Å². The van der Waals surface area contributed by atoms with Gasteiger partial charge in [-0.3, -0.25) is 0 Å². The normalized spacial score (nSPS) is 22.8. The minimum absolute atomic E-state index is 0.173. The SMILES string of the molecule is CC(C)(C)c1ccc(C2(C#N)CCN(C3CCC3)CC2)cc1. The van der Waals surface area contributed by atoms with Crippen molar-refractivity contribution in [1.82, 2.24) is 4.90 Å². The molecule has 1 saturated heterocycles. The summed E-state index contributed by atoms with van der Waals surface area (Å²) >= 11 is 0. The van der Waals surface area contributed by atoms with E-state index in [4.69, 9.17) is 0 Å². The van der Waals surface area contributed by atoms with E-state index >= 15 is 0 Å². The third kappa shape index (κ3) is 2.79. The Morgan fingerprint density at radius 3 is 2.09 bits per heavy atom. The van der Waals surface area contributed by atoms with Crippen molar-refractivity contribution in [1.29, 1.82) is 5.26 Å². The Kier molecular flexibility index (Phi) is 4.03. The number of piperidine rings is 1. The van der Waals surface area contributed by atoms with E-state index in [9.17, 15) is 5.26 Å². The summed E-state index contributed by atoms with van der Waals surface area (Å²) in [5.74, 6) is 0. The molecule has 2 fully saturated rings. The highest BCUT2D eigenvalue weighted by Crippen LogP contribution is 2.38. The number of likely N-dealkylation sites (tertiary alicyclic amines) is 1. The van der Waals surface area contributed by atoms with Crippen LogP contribution < -0.4 is 0 Å². The van der Waals surface area contributed by atoms with Gasteiger partial charge in [0.25, 0.3) is 0 Å². The maximum Gasteiger partial charge on any atom is 0.0846 e. The standard InChI is InChI=1S/C20H28N2/c1-19(2,3)16-7-9-17(10-8-16)20(15-21)11-13-22(14-12-20)18-5-4-6-18/h7-10,18H,4-6,11-14H2,1-3H3. The minimum Gasteiger partial charge on any atom is -0.300 e. The van der Waals surface area contributed by atoms with E-state index in [0.29, 0.717) is 0 Å². The van der Waals surface area contributed by atoms with Crippen molar-refractivity contribution in [3.8, 4) is 6.07 Å². The molecule has 0 atom stereocenters. The predicted octanol–water partition coefficient (Wildman–Crippen LogP) is 4.39. The van der Waals surface area contributed by atoms with E-state index < -0.39 is 0 Å². The number of nitriles is 1. The molecule has 0 unspecified atom stereocenters. The highest BCUT2D eigenvalue weighted by molar-refractivity contribution is 5.37. The van der Waals surface area contributed by atoms with E-state index in [2.05, 4.69) is 56.0 Å². The molecular weight excluding hydrogens is 268 g/mol. The fourth-order valence-electron chi connectivity index (χ4n) is 3.78. The fraction of sp³-hybridized carbons (Fsp3) is 0.650. The summed E-state index contributed by atoms with van der Waals surface area (Å²) in [7, 11) is 0. The van der Waals surface area contributed by atoms with Crippen molar-refractivity contribution in [2.24, 2.45) is 0 Å². The van der Waals surface area contributed by atoms with Gasteiger partial charge < -0.3 is 4.90 Å². The summed E-state index contributed by atoms with van der Waals surface area (Å²) in [6.45, 7) is 8.87. The zero-order valence-electron chi connectivity index (χ0n) is 14.2. The molecule has 118 valence electrons. The van der Waals surface area contributed by atoms with Crippen molar-refractivity contribution in [2.75, 3.05) is 13.1 Å². The molecule has 3 rings (SSSR count). The lowest BCUT2D eigenvalue weighted by atomic mass is 9.72.